The summed E-state index contributed by atoms with van der Waals surface area (Å²) < 4.78 is 0. The molecule has 104 valence electrons. The van der Waals surface area contributed by atoms with E-state index in [0.717, 1.165) is 12.8 Å². The highest BCUT2D eigenvalue weighted by atomic mass is 32.1. The van der Waals surface area contributed by atoms with Gasteiger partial charge in [0.05, 0.1) is 11.2 Å². The van der Waals surface area contributed by atoms with Crippen LogP contribution in [0.15, 0.2) is 24.3 Å². The zero-order valence-electron chi connectivity index (χ0n) is 12.1. The van der Waals surface area contributed by atoms with Crippen molar-refractivity contribution in [2.75, 3.05) is 0 Å². The number of aromatic nitrogens is 1. The van der Waals surface area contributed by atoms with E-state index in [2.05, 4.69) is 43.4 Å². The molecule has 2 aliphatic rings. The van der Waals surface area contributed by atoms with Gasteiger partial charge < -0.3 is 5.32 Å². The summed E-state index contributed by atoms with van der Waals surface area (Å²) in [6.45, 7) is 4.31. The van der Waals surface area contributed by atoms with Gasteiger partial charge in [0, 0.05) is 10.9 Å². The first-order valence-corrected chi connectivity index (χ1v) is 8.27. The topological polar surface area (TPSA) is 24.9 Å². The average Bonchev–Trinajstić information content (AvgIpc) is 3.05. The predicted octanol–water partition coefficient (Wildman–Crippen LogP) is 3.51. The molecule has 3 heteroatoms. The molecule has 0 atom stereocenters. The van der Waals surface area contributed by atoms with Gasteiger partial charge in [-0.15, -0.1) is 11.3 Å². The Balaban J connectivity index is 1.76. The molecule has 1 heterocycles. The summed E-state index contributed by atoms with van der Waals surface area (Å²) in [4.78, 5) is 6.24. The van der Waals surface area contributed by atoms with Gasteiger partial charge in [-0.25, -0.2) is 4.98 Å². The van der Waals surface area contributed by atoms with Crippen LogP contribution < -0.4 is 5.32 Å². The summed E-state index contributed by atoms with van der Waals surface area (Å²) in [6.07, 6.45) is 4.82. The molecule has 1 saturated carbocycles. The summed E-state index contributed by atoms with van der Waals surface area (Å²) in [5.41, 5.74) is 4.23. The molecule has 0 radical (unpaired) electrons. The van der Waals surface area contributed by atoms with E-state index in [9.17, 15) is 0 Å². The lowest BCUT2D eigenvalue weighted by Gasteiger charge is -2.28. The highest BCUT2D eigenvalue weighted by molar-refractivity contribution is 7.11. The van der Waals surface area contributed by atoms with Crippen LogP contribution in [0.25, 0.3) is 0 Å². The molecule has 20 heavy (non-hydrogen) atoms. The molecule has 0 spiro atoms. The van der Waals surface area contributed by atoms with Gasteiger partial charge in [0.25, 0.3) is 0 Å². The fourth-order valence-corrected chi connectivity index (χ4v) is 4.29. The number of aryl methyl sites for hydroxylation is 2. The molecular formula is C17H20N2S. The molecule has 0 bridgehead atoms. The van der Waals surface area contributed by atoms with E-state index in [-0.39, 0.29) is 5.54 Å². The van der Waals surface area contributed by atoms with Gasteiger partial charge in [0.15, 0.2) is 0 Å². The Morgan fingerprint density at radius 2 is 1.80 bits per heavy atom. The molecule has 2 aliphatic carbocycles. The van der Waals surface area contributed by atoms with Crippen LogP contribution in [0.2, 0.25) is 0 Å². The lowest BCUT2D eigenvalue weighted by molar-refractivity contribution is 0.343. The lowest BCUT2D eigenvalue weighted by Crippen LogP contribution is -2.44. The SMILES string of the molecule is Cc1nc(C2(NC3CC3)Cc3ccccc3C2)sc1C. The molecule has 0 amide bonds. The summed E-state index contributed by atoms with van der Waals surface area (Å²) in [5.74, 6) is 0. The summed E-state index contributed by atoms with van der Waals surface area (Å²) in [7, 11) is 0. The van der Waals surface area contributed by atoms with Crippen molar-refractivity contribution in [1.29, 1.82) is 0 Å². The Kier molecular flexibility index (Phi) is 2.76. The zero-order valence-corrected chi connectivity index (χ0v) is 12.9. The largest absolute Gasteiger partial charge is 0.302 e. The minimum atomic E-state index is 0.0501. The Morgan fingerprint density at radius 1 is 1.15 bits per heavy atom. The van der Waals surface area contributed by atoms with E-state index in [0.29, 0.717) is 6.04 Å². The van der Waals surface area contributed by atoms with Crippen molar-refractivity contribution < 1.29 is 0 Å². The maximum Gasteiger partial charge on any atom is 0.114 e. The van der Waals surface area contributed by atoms with Crippen molar-refractivity contribution in [2.45, 2.75) is 51.1 Å². The zero-order chi connectivity index (χ0) is 13.7. The van der Waals surface area contributed by atoms with Crippen molar-refractivity contribution in [2.24, 2.45) is 0 Å². The first kappa shape index (κ1) is 12.5. The molecule has 2 nitrogen and oxygen atoms in total. The molecule has 1 aromatic heterocycles. The third-order valence-corrected chi connectivity index (χ3v) is 5.88. The maximum absolute atomic E-state index is 4.88. The number of benzene rings is 1. The second-order valence-corrected chi connectivity index (χ2v) is 7.49. The van der Waals surface area contributed by atoms with Crippen LogP contribution in [0, 0.1) is 13.8 Å². The molecule has 0 aliphatic heterocycles. The number of nitrogens with zero attached hydrogens (tertiary/aromatic N) is 1. The minimum absolute atomic E-state index is 0.0501. The lowest BCUT2D eigenvalue weighted by atomic mass is 9.96. The second-order valence-electron chi connectivity index (χ2n) is 6.28. The van der Waals surface area contributed by atoms with Crippen LogP contribution in [-0.4, -0.2) is 11.0 Å². The standard InChI is InChI=1S/C17H20N2S/c1-11-12(2)20-16(18-11)17(19-15-7-8-15)9-13-5-3-4-6-14(13)10-17/h3-6,15,19H,7-10H2,1-2H3. The van der Waals surface area contributed by atoms with Crippen LogP contribution in [-0.2, 0) is 18.4 Å². The number of thiazole rings is 1. The summed E-state index contributed by atoms with van der Waals surface area (Å²) >= 11 is 1.88. The van der Waals surface area contributed by atoms with Crippen LogP contribution in [0.4, 0.5) is 0 Å². The Morgan fingerprint density at radius 3 is 2.30 bits per heavy atom. The molecule has 0 unspecified atom stereocenters. The Hall–Kier alpha value is -1.19. The van der Waals surface area contributed by atoms with E-state index in [1.165, 1.54) is 39.5 Å². The van der Waals surface area contributed by atoms with Gasteiger partial charge in [-0.1, -0.05) is 24.3 Å². The van der Waals surface area contributed by atoms with Crippen molar-refractivity contribution in [3.8, 4) is 0 Å². The summed E-state index contributed by atoms with van der Waals surface area (Å²) in [6, 6.07) is 9.57. The van der Waals surface area contributed by atoms with Crippen LogP contribution in [0.1, 0.15) is 39.5 Å². The number of rotatable bonds is 3. The molecule has 1 aromatic carbocycles. The molecule has 2 aromatic rings. The fourth-order valence-electron chi connectivity index (χ4n) is 3.23. The molecule has 1 fully saturated rings. The van der Waals surface area contributed by atoms with Crippen LogP contribution in [0.5, 0.6) is 0 Å². The quantitative estimate of drug-likeness (QED) is 0.933. The molecule has 0 saturated heterocycles. The maximum atomic E-state index is 4.88. The van der Waals surface area contributed by atoms with Crippen molar-refractivity contribution in [3.05, 3.63) is 51.0 Å². The third-order valence-electron chi connectivity index (χ3n) is 4.60. The number of hydrogen-bond donors (Lipinski definition) is 1. The van der Waals surface area contributed by atoms with Gasteiger partial charge in [-0.05, 0) is 50.7 Å². The van der Waals surface area contributed by atoms with Gasteiger partial charge in [-0.3, -0.25) is 0 Å². The van der Waals surface area contributed by atoms with Crippen molar-refractivity contribution in [3.63, 3.8) is 0 Å². The summed E-state index contributed by atoms with van der Waals surface area (Å²) in [5, 5.41) is 5.21. The Labute approximate surface area is 124 Å². The van der Waals surface area contributed by atoms with E-state index in [4.69, 9.17) is 4.98 Å². The first-order valence-electron chi connectivity index (χ1n) is 7.45. The van der Waals surface area contributed by atoms with Crippen LogP contribution >= 0.6 is 11.3 Å². The number of hydrogen-bond acceptors (Lipinski definition) is 3. The minimum Gasteiger partial charge on any atom is -0.302 e. The van der Waals surface area contributed by atoms with E-state index >= 15 is 0 Å². The van der Waals surface area contributed by atoms with Gasteiger partial charge in [-0.2, -0.15) is 0 Å². The van der Waals surface area contributed by atoms with Gasteiger partial charge >= 0.3 is 0 Å². The average molecular weight is 284 g/mol. The Bertz CT molecular complexity index is 610. The highest BCUT2D eigenvalue weighted by Crippen LogP contribution is 2.42. The predicted molar refractivity (Wildman–Crippen MR) is 83.3 cm³/mol. The number of fused-ring (bicyclic) bond motifs is 1. The van der Waals surface area contributed by atoms with Crippen molar-refractivity contribution >= 4 is 11.3 Å². The molecule has 1 N–H and O–H groups in total. The second kappa shape index (κ2) is 4.40. The normalized spacial score (nSPS) is 20.1. The smallest absolute Gasteiger partial charge is 0.114 e. The highest BCUT2D eigenvalue weighted by Gasteiger charge is 2.44. The molecule has 4 rings (SSSR count). The molecular weight excluding hydrogens is 264 g/mol. The monoisotopic (exact) mass is 284 g/mol. The van der Waals surface area contributed by atoms with E-state index in [1.807, 2.05) is 11.3 Å². The fraction of sp³-hybridized carbons (Fsp3) is 0.471. The van der Waals surface area contributed by atoms with Gasteiger partial charge in [0.1, 0.15) is 5.01 Å². The van der Waals surface area contributed by atoms with Crippen LogP contribution in [0.3, 0.4) is 0 Å². The first-order chi connectivity index (χ1) is 9.66. The van der Waals surface area contributed by atoms with Crippen molar-refractivity contribution in [1.82, 2.24) is 10.3 Å². The van der Waals surface area contributed by atoms with E-state index < -0.39 is 0 Å². The van der Waals surface area contributed by atoms with Gasteiger partial charge in [0.2, 0.25) is 0 Å². The van der Waals surface area contributed by atoms with E-state index in [1.54, 1.807) is 0 Å². The third kappa shape index (κ3) is 2.00. The number of nitrogens with one attached hydrogen (secondary N) is 1.